The van der Waals surface area contributed by atoms with Gasteiger partial charge in [-0.05, 0) is 42.0 Å². The highest BCUT2D eigenvalue weighted by molar-refractivity contribution is 6.30. The molecular weight excluding hydrogens is 336 g/mol. The number of alkyl halides is 2. The first-order valence-corrected chi connectivity index (χ1v) is 7.13. The first-order valence-electron chi connectivity index (χ1n) is 6.75. The van der Waals surface area contributed by atoms with Gasteiger partial charge in [0, 0.05) is 16.3 Å². The van der Waals surface area contributed by atoms with Gasteiger partial charge < -0.3 is 5.32 Å². The first kappa shape index (κ1) is 17.6. The maximum absolute atomic E-state index is 13.1. The Morgan fingerprint density at radius 1 is 1.25 bits per heavy atom. The van der Waals surface area contributed by atoms with Crippen molar-refractivity contribution < 1.29 is 13.6 Å². The highest BCUT2D eigenvalue weighted by Gasteiger charge is 2.25. The Bertz CT molecular complexity index is 821. The van der Waals surface area contributed by atoms with Crippen molar-refractivity contribution >= 4 is 29.3 Å². The molecule has 0 saturated heterocycles. The number of carbonyl (C=O) groups excluding carboxylic acids is 1. The summed E-state index contributed by atoms with van der Waals surface area (Å²) in [5.74, 6) is -0.662. The molecule has 1 amide bonds. The third-order valence-corrected chi connectivity index (χ3v) is 3.30. The van der Waals surface area contributed by atoms with Crippen LogP contribution in [0.3, 0.4) is 0 Å². The molecule has 0 aliphatic carbocycles. The van der Waals surface area contributed by atoms with Crippen molar-refractivity contribution in [2.45, 2.75) is 6.05 Å². The van der Waals surface area contributed by atoms with Crippen molar-refractivity contribution in [3.63, 3.8) is 0 Å². The largest absolute Gasteiger partial charge is 0.326 e. The second-order valence-corrected chi connectivity index (χ2v) is 5.32. The monoisotopic (exact) mass is 347 g/mol. The number of rotatable bonds is 4. The molecule has 0 saturated carbocycles. The van der Waals surface area contributed by atoms with Crippen LogP contribution in [0, 0.1) is 11.3 Å². The summed E-state index contributed by atoms with van der Waals surface area (Å²) in [4.78, 5) is 12.1. The van der Waals surface area contributed by atoms with E-state index in [0.29, 0.717) is 10.7 Å². The van der Waals surface area contributed by atoms with Gasteiger partial charge in [-0.3, -0.25) is 10.5 Å². The smallest absolute Gasteiger partial charge is 0.321 e. The van der Waals surface area contributed by atoms with Crippen LogP contribution in [-0.2, 0) is 10.8 Å². The van der Waals surface area contributed by atoms with Gasteiger partial charge in [0.05, 0.1) is 0 Å². The number of halogens is 3. The van der Waals surface area contributed by atoms with Gasteiger partial charge >= 0.3 is 6.05 Å². The first-order chi connectivity index (χ1) is 11.3. The highest BCUT2D eigenvalue weighted by Crippen LogP contribution is 2.23. The summed E-state index contributed by atoms with van der Waals surface area (Å²) in [6.07, 6.45) is 1.21. The van der Waals surface area contributed by atoms with Crippen LogP contribution in [0.2, 0.25) is 5.02 Å². The summed E-state index contributed by atoms with van der Waals surface area (Å²) in [5, 5.41) is 12.2. The van der Waals surface area contributed by atoms with Crippen molar-refractivity contribution in [3.05, 3.63) is 70.3 Å². The molecule has 0 spiro atoms. The average Bonchev–Trinajstić information content (AvgIpc) is 2.54. The fraction of sp³-hybridized carbons (Fsp3) is 0.0588. The number of hydrogen-bond donors (Lipinski definition) is 2. The second kappa shape index (κ2) is 7.21. The number of carbonyl (C=O) groups is 1. The summed E-state index contributed by atoms with van der Waals surface area (Å²) >= 11 is 5.75. The molecule has 2 aromatic rings. The summed E-state index contributed by atoms with van der Waals surface area (Å²) < 4.78 is 26.3. The minimum Gasteiger partial charge on any atom is -0.321 e. The van der Waals surface area contributed by atoms with Crippen molar-refractivity contribution in [1.82, 2.24) is 0 Å². The lowest BCUT2D eigenvalue weighted by molar-refractivity contribution is -0.112. The van der Waals surface area contributed by atoms with Crippen molar-refractivity contribution in [3.8, 4) is 6.07 Å². The molecule has 2 rings (SSSR count). The Morgan fingerprint density at radius 2 is 1.92 bits per heavy atom. The number of benzene rings is 2. The number of hydrogen-bond acceptors (Lipinski definition) is 3. The summed E-state index contributed by atoms with van der Waals surface area (Å²) in [7, 11) is 0. The van der Waals surface area contributed by atoms with Crippen LogP contribution in [0.25, 0.3) is 6.08 Å². The van der Waals surface area contributed by atoms with E-state index in [1.165, 1.54) is 18.2 Å². The molecule has 24 heavy (non-hydrogen) atoms. The zero-order valence-corrected chi connectivity index (χ0v) is 13.0. The van der Waals surface area contributed by atoms with E-state index >= 15 is 0 Å². The molecule has 4 nitrogen and oxygen atoms in total. The standard InChI is InChI=1S/C17H12ClF2N3O/c18-14-4-6-15(7-5-14)23-16(24)12(10-21)8-11-2-1-3-13(9-11)17(19,20)22/h1-9H,22H2,(H,23,24). The quantitative estimate of drug-likeness (QED) is 0.500. The summed E-state index contributed by atoms with van der Waals surface area (Å²) in [6, 6.07) is 9.70. The van der Waals surface area contributed by atoms with Crippen LogP contribution >= 0.6 is 11.6 Å². The van der Waals surface area contributed by atoms with Crippen LogP contribution in [0.1, 0.15) is 11.1 Å². The van der Waals surface area contributed by atoms with Crippen molar-refractivity contribution in [2.24, 2.45) is 5.73 Å². The maximum atomic E-state index is 13.1. The fourth-order valence-electron chi connectivity index (χ4n) is 1.88. The van der Waals surface area contributed by atoms with Gasteiger partial charge in [0.15, 0.2) is 0 Å². The molecule has 0 heterocycles. The van der Waals surface area contributed by atoms with Crippen LogP contribution in [0.5, 0.6) is 0 Å². The van der Waals surface area contributed by atoms with E-state index in [2.05, 4.69) is 5.32 Å². The van der Waals surface area contributed by atoms with Gasteiger partial charge in [0.25, 0.3) is 5.91 Å². The lowest BCUT2D eigenvalue weighted by Crippen LogP contribution is -2.25. The summed E-state index contributed by atoms with van der Waals surface area (Å²) in [5.41, 5.74) is 4.83. The summed E-state index contributed by atoms with van der Waals surface area (Å²) in [6.45, 7) is 0. The molecule has 122 valence electrons. The zero-order valence-electron chi connectivity index (χ0n) is 12.3. The Balaban J connectivity index is 2.24. The fourth-order valence-corrected chi connectivity index (χ4v) is 2.01. The van der Waals surface area contributed by atoms with E-state index in [4.69, 9.17) is 22.6 Å². The molecule has 0 aliphatic rings. The maximum Gasteiger partial charge on any atom is 0.326 e. The SMILES string of the molecule is N#CC(=Cc1cccc(C(N)(F)F)c1)C(=O)Nc1ccc(Cl)cc1. The van der Waals surface area contributed by atoms with E-state index < -0.39 is 17.5 Å². The Morgan fingerprint density at radius 3 is 2.50 bits per heavy atom. The topological polar surface area (TPSA) is 78.9 Å². The molecule has 3 N–H and O–H groups in total. The minimum absolute atomic E-state index is 0.234. The molecule has 0 radical (unpaired) electrons. The Kier molecular flexibility index (Phi) is 5.29. The number of nitrogens with zero attached hydrogens (tertiary/aromatic N) is 1. The molecule has 0 atom stereocenters. The number of nitrogens with one attached hydrogen (secondary N) is 1. The number of nitrogens with two attached hydrogens (primary N) is 1. The molecule has 0 bridgehead atoms. The molecule has 0 unspecified atom stereocenters. The third kappa shape index (κ3) is 4.62. The lowest BCUT2D eigenvalue weighted by atomic mass is 10.1. The molecule has 7 heteroatoms. The zero-order chi connectivity index (χ0) is 17.7. The van der Waals surface area contributed by atoms with Crippen molar-refractivity contribution in [1.29, 1.82) is 5.26 Å². The Labute approximate surface area is 142 Å². The highest BCUT2D eigenvalue weighted by atomic mass is 35.5. The predicted octanol–water partition coefficient (Wildman–Crippen LogP) is 3.89. The van der Waals surface area contributed by atoms with E-state index in [-0.39, 0.29) is 11.1 Å². The van der Waals surface area contributed by atoms with Crippen LogP contribution in [-0.4, -0.2) is 5.91 Å². The van der Waals surface area contributed by atoms with Gasteiger partial charge in [0.2, 0.25) is 0 Å². The van der Waals surface area contributed by atoms with Gasteiger partial charge in [-0.25, -0.2) is 0 Å². The number of nitriles is 1. The Hall–Kier alpha value is -2.75. The van der Waals surface area contributed by atoms with E-state index in [9.17, 15) is 13.6 Å². The van der Waals surface area contributed by atoms with Gasteiger partial charge in [-0.2, -0.15) is 14.0 Å². The normalized spacial score (nSPS) is 11.7. The van der Waals surface area contributed by atoms with E-state index in [1.807, 2.05) is 0 Å². The molecule has 0 fully saturated rings. The second-order valence-electron chi connectivity index (χ2n) is 4.88. The van der Waals surface area contributed by atoms with Crippen molar-refractivity contribution in [2.75, 3.05) is 5.32 Å². The van der Waals surface area contributed by atoms with Gasteiger partial charge in [-0.1, -0.05) is 29.8 Å². The van der Waals surface area contributed by atoms with Crippen LogP contribution < -0.4 is 11.1 Å². The van der Waals surface area contributed by atoms with Crippen LogP contribution in [0.4, 0.5) is 14.5 Å². The molecule has 0 aromatic heterocycles. The molecular formula is C17H12ClF2N3O. The number of amides is 1. The van der Waals surface area contributed by atoms with Gasteiger partial charge in [-0.15, -0.1) is 0 Å². The van der Waals surface area contributed by atoms with Crippen LogP contribution in [0.15, 0.2) is 54.1 Å². The third-order valence-electron chi connectivity index (χ3n) is 3.05. The lowest BCUT2D eigenvalue weighted by Gasteiger charge is -2.10. The van der Waals surface area contributed by atoms with E-state index in [1.54, 1.807) is 30.3 Å². The minimum atomic E-state index is -3.50. The molecule has 0 aliphatic heterocycles. The molecule has 2 aromatic carbocycles. The van der Waals surface area contributed by atoms with E-state index in [0.717, 1.165) is 12.1 Å². The predicted molar refractivity (Wildman–Crippen MR) is 88.2 cm³/mol. The van der Waals surface area contributed by atoms with Gasteiger partial charge in [0.1, 0.15) is 11.6 Å². The number of anilines is 1. The average molecular weight is 348 g/mol.